The lowest BCUT2D eigenvalue weighted by Crippen LogP contribution is -2.40. The van der Waals surface area contributed by atoms with E-state index in [2.05, 4.69) is 22.4 Å². The fourth-order valence-electron chi connectivity index (χ4n) is 3.05. The van der Waals surface area contributed by atoms with Gasteiger partial charge in [0, 0.05) is 25.7 Å². The van der Waals surface area contributed by atoms with Crippen molar-refractivity contribution in [3.05, 3.63) is 47.8 Å². The summed E-state index contributed by atoms with van der Waals surface area (Å²) in [5, 5.41) is 18.8. The summed E-state index contributed by atoms with van der Waals surface area (Å²) in [6.07, 6.45) is 2.60. The third-order valence-corrected chi connectivity index (χ3v) is 4.29. The maximum atomic E-state index is 11.0. The number of nitrogens with zero attached hydrogens (tertiary/aromatic N) is 3. The molecule has 0 amide bonds. The molecule has 0 radical (unpaired) electrons. The van der Waals surface area contributed by atoms with Gasteiger partial charge >= 0.3 is 0 Å². The smallest absolute Gasteiger partial charge is 0.107 e. The standard InChI is InChI=1S/C15H19N3O2/c1-18-13(11-16-17-18)14(19)15(7-9-20-10-8-15)12-5-3-2-4-6-12/h2-6,11,14,19H,7-10H2,1H3. The van der Waals surface area contributed by atoms with Gasteiger partial charge < -0.3 is 9.84 Å². The average molecular weight is 273 g/mol. The van der Waals surface area contributed by atoms with E-state index in [1.54, 1.807) is 10.9 Å². The second-order valence-corrected chi connectivity index (χ2v) is 5.32. The summed E-state index contributed by atoms with van der Waals surface area (Å²) in [6.45, 7) is 1.33. The second-order valence-electron chi connectivity index (χ2n) is 5.32. The lowest BCUT2D eigenvalue weighted by molar-refractivity contribution is -0.0200. The predicted octanol–water partition coefficient (Wildman–Crippen LogP) is 1.60. The van der Waals surface area contributed by atoms with Crippen molar-refractivity contribution in [1.29, 1.82) is 0 Å². The van der Waals surface area contributed by atoms with Crippen LogP contribution in [0.4, 0.5) is 0 Å². The maximum absolute atomic E-state index is 11.0. The molecule has 0 bridgehead atoms. The summed E-state index contributed by atoms with van der Waals surface area (Å²) in [4.78, 5) is 0. The number of aliphatic hydroxyl groups is 1. The maximum Gasteiger partial charge on any atom is 0.107 e. The largest absolute Gasteiger partial charge is 0.386 e. The summed E-state index contributed by atoms with van der Waals surface area (Å²) >= 11 is 0. The van der Waals surface area contributed by atoms with Gasteiger partial charge in [-0.15, -0.1) is 5.10 Å². The van der Waals surface area contributed by atoms with Crippen LogP contribution < -0.4 is 0 Å². The van der Waals surface area contributed by atoms with Gasteiger partial charge in [-0.3, -0.25) is 0 Å². The van der Waals surface area contributed by atoms with Crippen molar-refractivity contribution in [3.8, 4) is 0 Å². The number of benzene rings is 1. The highest BCUT2D eigenvalue weighted by Crippen LogP contribution is 2.44. The van der Waals surface area contributed by atoms with E-state index in [0.717, 1.165) is 24.1 Å². The summed E-state index contributed by atoms with van der Waals surface area (Å²) in [7, 11) is 1.81. The van der Waals surface area contributed by atoms with Crippen LogP contribution in [0.1, 0.15) is 30.2 Å². The van der Waals surface area contributed by atoms with E-state index < -0.39 is 6.10 Å². The summed E-state index contributed by atoms with van der Waals surface area (Å²) in [5.74, 6) is 0. The van der Waals surface area contributed by atoms with Crippen LogP contribution in [0.25, 0.3) is 0 Å². The molecule has 1 aliphatic heterocycles. The molecule has 0 aliphatic carbocycles. The van der Waals surface area contributed by atoms with Crippen LogP contribution in [-0.4, -0.2) is 33.3 Å². The molecule has 1 saturated heterocycles. The zero-order chi connectivity index (χ0) is 14.0. The summed E-state index contributed by atoms with van der Waals surface area (Å²) < 4.78 is 7.14. The molecule has 1 fully saturated rings. The first-order valence-electron chi connectivity index (χ1n) is 6.90. The van der Waals surface area contributed by atoms with Crippen molar-refractivity contribution in [2.45, 2.75) is 24.4 Å². The van der Waals surface area contributed by atoms with Gasteiger partial charge in [0.1, 0.15) is 6.10 Å². The van der Waals surface area contributed by atoms with E-state index in [1.807, 2.05) is 25.2 Å². The van der Waals surface area contributed by atoms with Crippen LogP contribution in [-0.2, 0) is 17.2 Å². The van der Waals surface area contributed by atoms with E-state index in [1.165, 1.54) is 0 Å². The molecule has 0 saturated carbocycles. The van der Waals surface area contributed by atoms with Gasteiger partial charge in [-0.1, -0.05) is 35.5 Å². The molecule has 0 spiro atoms. The van der Waals surface area contributed by atoms with E-state index in [9.17, 15) is 5.11 Å². The molecular weight excluding hydrogens is 254 g/mol. The topological polar surface area (TPSA) is 60.2 Å². The minimum atomic E-state index is -0.631. The van der Waals surface area contributed by atoms with Gasteiger partial charge in [-0.2, -0.15) is 0 Å². The number of hydrogen-bond acceptors (Lipinski definition) is 4. The molecule has 1 atom stereocenters. The van der Waals surface area contributed by atoms with E-state index in [4.69, 9.17) is 4.74 Å². The molecule has 2 aromatic rings. The molecular formula is C15H19N3O2. The van der Waals surface area contributed by atoms with Gasteiger partial charge in [0.05, 0.1) is 11.9 Å². The summed E-state index contributed by atoms with van der Waals surface area (Å²) in [5.41, 5.74) is 1.57. The van der Waals surface area contributed by atoms with Crippen LogP contribution in [0, 0.1) is 0 Å². The number of aromatic nitrogens is 3. The van der Waals surface area contributed by atoms with Gasteiger partial charge in [-0.05, 0) is 18.4 Å². The molecule has 1 aromatic carbocycles. The number of hydrogen-bond donors (Lipinski definition) is 1. The molecule has 5 heteroatoms. The van der Waals surface area contributed by atoms with Crippen molar-refractivity contribution >= 4 is 0 Å². The molecule has 2 heterocycles. The second kappa shape index (κ2) is 5.34. The van der Waals surface area contributed by atoms with Crippen LogP contribution in [0.3, 0.4) is 0 Å². The van der Waals surface area contributed by atoms with Crippen LogP contribution in [0.5, 0.6) is 0 Å². The zero-order valence-electron chi connectivity index (χ0n) is 11.6. The normalized spacial score (nSPS) is 19.7. The first-order chi connectivity index (χ1) is 9.74. The SMILES string of the molecule is Cn1nncc1C(O)C1(c2ccccc2)CCOCC1. The van der Waals surface area contributed by atoms with Gasteiger partial charge in [0.2, 0.25) is 0 Å². The molecule has 5 nitrogen and oxygen atoms in total. The fraction of sp³-hybridized carbons (Fsp3) is 0.467. The molecule has 1 N–H and O–H groups in total. The molecule has 1 aliphatic rings. The van der Waals surface area contributed by atoms with Crippen LogP contribution >= 0.6 is 0 Å². The minimum absolute atomic E-state index is 0.324. The lowest BCUT2D eigenvalue weighted by atomic mass is 9.69. The molecule has 1 unspecified atom stereocenters. The van der Waals surface area contributed by atoms with Gasteiger partial charge in [0.15, 0.2) is 0 Å². The van der Waals surface area contributed by atoms with Crippen LogP contribution in [0.2, 0.25) is 0 Å². The molecule has 20 heavy (non-hydrogen) atoms. The molecule has 3 rings (SSSR count). The Labute approximate surface area is 118 Å². The fourth-order valence-corrected chi connectivity index (χ4v) is 3.05. The van der Waals surface area contributed by atoms with Gasteiger partial charge in [-0.25, -0.2) is 4.68 Å². The van der Waals surface area contributed by atoms with E-state index >= 15 is 0 Å². The van der Waals surface area contributed by atoms with Crippen LogP contribution in [0.15, 0.2) is 36.5 Å². The van der Waals surface area contributed by atoms with Crippen molar-refractivity contribution < 1.29 is 9.84 Å². The first kappa shape index (κ1) is 13.3. The Morgan fingerprint density at radius 2 is 1.95 bits per heavy atom. The number of ether oxygens (including phenoxy) is 1. The Bertz CT molecular complexity index is 562. The average Bonchev–Trinajstić information content (AvgIpc) is 2.94. The first-order valence-corrected chi connectivity index (χ1v) is 6.90. The quantitative estimate of drug-likeness (QED) is 0.922. The molecule has 1 aromatic heterocycles. The lowest BCUT2D eigenvalue weighted by Gasteiger charge is -2.41. The van der Waals surface area contributed by atoms with Crippen molar-refractivity contribution in [2.24, 2.45) is 7.05 Å². The Balaban J connectivity index is 2.04. The van der Waals surface area contributed by atoms with E-state index in [-0.39, 0.29) is 5.41 Å². The molecule has 106 valence electrons. The minimum Gasteiger partial charge on any atom is -0.386 e. The van der Waals surface area contributed by atoms with Gasteiger partial charge in [0.25, 0.3) is 0 Å². The van der Waals surface area contributed by atoms with Crippen molar-refractivity contribution in [3.63, 3.8) is 0 Å². The Morgan fingerprint density at radius 3 is 2.55 bits per heavy atom. The zero-order valence-corrected chi connectivity index (χ0v) is 11.6. The number of rotatable bonds is 3. The van der Waals surface area contributed by atoms with Crippen molar-refractivity contribution in [2.75, 3.05) is 13.2 Å². The Kier molecular flexibility index (Phi) is 3.54. The predicted molar refractivity (Wildman–Crippen MR) is 74.1 cm³/mol. The Hall–Kier alpha value is -1.72. The van der Waals surface area contributed by atoms with Crippen molar-refractivity contribution in [1.82, 2.24) is 15.0 Å². The monoisotopic (exact) mass is 273 g/mol. The van der Waals surface area contributed by atoms with E-state index in [0.29, 0.717) is 13.2 Å². The highest BCUT2D eigenvalue weighted by Gasteiger charge is 2.43. The third kappa shape index (κ3) is 2.13. The summed E-state index contributed by atoms with van der Waals surface area (Å²) in [6, 6.07) is 10.2. The Morgan fingerprint density at radius 1 is 1.25 bits per heavy atom. The number of aliphatic hydroxyl groups excluding tert-OH is 1. The third-order valence-electron chi connectivity index (χ3n) is 4.29. The number of aryl methyl sites for hydroxylation is 1. The highest BCUT2D eigenvalue weighted by atomic mass is 16.5. The highest BCUT2D eigenvalue weighted by molar-refractivity contribution is 5.30.